The van der Waals surface area contributed by atoms with Crippen molar-refractivity contribution in [1.82, 2.24) is 0 Å². The van der Waals surface area contributed by atoms with Gasteiger partial charge in [0.1, 0.15) is 4.90 Å². The lowest BCUT2D eigenvalue weighted by molar-refractivity contribution is -0.416. The third-order valence-corrected chi connectivity index (χ3v) is 5.10. The van der Waals surface area contributed by atoms with Crippen molar-refractivity contribution in [3.05, 3.63) is 47.7 Å². The second kappa shape index (κ2) is 4.53. The lowest BCUT2D eigenvalue weighted by Gasteiger charge is -2.21. The maximum atomic E-state index is 11.5. The molecule has 5 nitrogen and oxygen atoms in total. The van der Waals surface area contributed by atoms with Gasteiger partial charge in [0.15, 0.2) is 0 Å². The summed E-state index contributed by atoms with van der Waals surface area (Å²) < 4.78 is 23.1. The number of quaternary nitrogens is 1. The lowest BCUT2D eigenvalue weighted by atomic mass is 10.2. The number of benzene rings is 2. The highest BCUT2D eigenvalue weighted by Gasteiger charge is 2.20. The Kier molecular flexibility index (Phi) is 2.98. The summed E-state index contributed by atoms with van der Waals surface area (Å²) in [6.45, 7) is 0. The highest BCUT2D eigenvalue weighted by molar-refractivity contribution is 7.99. The van der Waals surface area contributed by atoms with E-state index in [1.165, 1.54) is 12.1 Å². The summed E-state index contributed by atoms with van der Waals surface area (Å²) >= 11 is 1.56. The number of nitrogens with two attached hydrogens (primary N) is 1. The molecule has 1 aliphatic heterocycles. The van der Waals surface area contributed by atoms with E-state index in [1.807, 2.05) is 24.3 Å². The minimum atomic E-state index is -3.84. The second-order valence-electron chi connectivity index (χ2n) is 4.02. The average molecular weight is 294 g/mol. The molecule has 2 aromatic carbocycles. The molecule has 0 aromatic heterocycles. The molecule has 0 unspecified atom stereocenters. The average Bonchev–Trinajstić information content (AvgIpc) is 2.44. The lowest BCUT2D eigenvalue weighted by Crippen LogP contribution is -2.80. The topological polar surface area (TPSA) is 85.8 Å². The quantitative estimate of drug-likeness (QED) is 0.702. The van der Waals surface area contributed by atoms with E-state index in [4.69, 9.17) is 0 Å². The van der Waals surface area contributed by atoms with Crippen LogP contribution in [0.1, 0.15) is 0 Å². The summed E-state index contributed by atoms with van der Waals surface area (Å²) in [5.74, 6) is 0. The van der Waals surface area contributed by atoms with Crippen molar-refractivity contribution in [3.8, 4) is 0 Å². The zero-order chi connectivity index (χ0) is 13.5. The first kappa shape index (κ1) is 12.5. The maximum absolute atomic E-state index is 11.5. The predicted molar refractivity (Wildman–Crippen MR) is 72.8 cm³/mol. The van der Waals surface area contributed by atoms with Gasteiger partial charge in [-0.3, -0.25) is 4.89 Å². The summed E-state index contributed by atoms with van der Waals surface area (Å²) in [7, 11) is -3.84. The van der Waals surface area contributed by atoms with Gasteiger partial charge in [0, 0.05) is 9.79 Å². The van der Waals surface area contributed by atoms with Crippen LogP contribution in [0.3, 0.4) is 0 Å². The third kappa shape index (κ3) is 2.21. The molecule has 3 N–H and O–H groups in total. The van der Waals surface area contributed by atoms with Gasteiger partial charge in [-0.05, 0) is 30.3 Å². The van der Waals surface area contributed by atoms with Gasteiger partial charge in [0.05, 0.1) is 11.4 Å². The smallest absolute Gasteiger partial charge is 0.323 e. The summed E-state index contributed by atoms with van der Waals surface area (Å²) in [4.78, 5) is 2.00. The highest BCUT2D eigenvalue weighted by Crippen LogP contribution is 2.44. The van der Waals surface area contributed by atoms with Crippen LogP contribution in [0.15, 0.2) is 57.2 Å². The fraction of sp³-hybridized carbons (Fsp3) is 0. The van der Waals surface area contributed by atoms with Gasteiger partial charge in [-0.15, -0.1) is 0 Å². The molecule has 1 heterocycles. The Morgan fingerprint density at radius 1 is 1.05 bits per heavy atom. The van der Waals surface area contributed by atoms with Gasteiger partial charge in [0.25, 0.3) is 0 Å². The fourth-order valence-electron chi connectivity index (χ4n) is 1.85. The first-order valence-electron chi connectivity index (χ1n) is 5.48. The van der Waals surface area contributed by atoms with Gasteiger partial charge in [-0.1, -0.05) is 23.9 Å². The maximum Gasteiger partial charge on any atom is 0.323 e. The third-order valence-electron chi connectivity index (χ3n) is 2.78. The van der Waals surface area contributed by atoms with Crippen LogP contribution in [-0.2, 0) is 10.0 Å². The minimum absolute atomic E-state index is 0.00808. The van der Waals surface area contributed by atoms with Crippen LogP contribution in [-0.4, -0.2) is 8.42 Å². The van der Waals surface area contributed by atoms with Gasteiger partial charge < -0.3 is 10.5 Å². The van der Waals surface area contributed by atoms with Crippen LogP contribution >= 0.6 is 11.8 Å². The zero-order valence-electron chi connectivity index (χ0n) is 9.66. The molecule has 98 valence electrons. The van der Waals surface area contributed by atoms with Crippen molar-refractivity contribution in [2.75, 3.05) is 5.32 Å². The van der Waals surface area contributed by atoms with Crippen LogP contribution in [0.2, 0.25) is 0 Å². The molecule has 0 fully saturated rings. The monoisotopic (exact) mass is 294 g/mol. The molecule has 0 spiro atoms. The molecule has 0 amide bonds. The molecule has 0 radical (unpaired) electrons. The number of hydrogen-bond acceptors (Lipinski definition) is 5. The molecule has 0 atom stereocenters. The van der Waals surface area contributed by atoms with Crippen molar-refractivity contribution in [2.24, 2.45) is 0 Å². The second-order valence-corrected chi connectivity index (χ2v) is 6.86. The number of hydrogen-bond donors (Lipinski definition) is 2. The van der Waals surface area contributed by atoms with E-state index in [2.05, 4.69) is 5.32 Å². The first-order valence-corrected chi connectivity index (χ1v) is 7.85. The summed E-state index contributed by atoms with van der Waals surface area (Å²) in [5.41, 5.74) is 1.63. The van der Waals surface area contributed by atoms with Crippen molar-refractivity contribution in [3.63, 3.8) is 0 Å². The molecule has 19 heavy (non-hydrogen) atoms. The number of para-hydroxylation sites is 1. The van der Waals surface area contributed by atoms with E-state index >= 15 is 0 Å². The Bertz CT molecular complexity index is 744. The van der Waals surface area contributed by atoms with E-state index in [9.17, 15) is 13.6 Å². The van der Waals surface area contributed by atoms with Gasteiger partial charge in [-0.25, -0.2) is 0 Å². The minimum Gasteiger partial charge on any atom is -0.620 e. The van der Waals surface area contributed by atoms with E-state index < -0.39 is 10.0 Å². The Hall–Kier alpha value is -1.54. The molecular weight excluding hydrogens is 284 g/mol. The Morgan fingerprint density at radius 3 is 2.58 bits per heavy atom. The molecule has 3 rings (SSSR count). The van der Waals surface area contributed by atoms with Gasteiger partial charge in [0.2, 0.25) is 0 Å². The molecule has 2 aromatic rings. The fourth-order valence-corrected chi connectivity index (χ4v) is 3.47. The number of sulfonamides is 1. The number of anilines is 2. The van der Waals surface area contributed by atoms with E-state index in [0.717, 1.165) is 15.5 Å². The largest absolute Gasteiger partial charge is 0.620 e. The summed E-state index contributed by atoms with van der Waals surface area (Å²) in [6.07, 6.45) is 0. The van der Waals surface area contributed by atoms with E-state index in [1.54, 1.807) is 17.8 Å². The summed E-state index contributed by atoms with van der Waals surface area (Å²) in [5, 5.41) is 13.8. The van der Waals surface area contributed by atoms with Crippen molar-refractivity contribution >= 4 is 33.2 Å². The van der Waals surface area contributed by atoms with Crippen LogP contribution < -0.4 is 10.2 Å². The van der Waals surface area contributed by atoms with E-state index in [-0.39, 0.29) is 9.78 Å². The standard InChI is InChI=1S/C12H10N2O3S2/c15-14-19(16,17)8-5-6-12-10(7-8)13-9-3-1-2-4-11(9)18-12/h1-7,13H,14H2. The molecule has 0 saturated carbocycles. The van der Waals surface area contributed by atoms with Gasteiger partial charge in [-0.2, -0.15) is 8.42 Å². The molecule has 7 heteroatoms. The van der Waals surface area contributed by atoms with Crippen LogP contribution in [0.5, 0.6) is 0 Å². The predicted octanol–water partition coefficient (Wildman–Crippen LogP) is 1.64. The molecule has 0 bridgehead atoms. The Labute approximate surface area is 114 Å². The van der Waals surface area contributed by atoms with Crippen molar-refractivity contribution < 1.29 is 13.3 Å². The van der Waals surface area contributed by atoms with Crippen LogP contribution in [0, 0.1) is 5.21 Å². The zero-order valence-corrected chi connectivity index (χ0v) is 11.3. The highest BCUT2D eigenvalue weighted by atomic mass is 32.2. The van der Waals surface area contributed by atoms with Crippen molar-refractivity contribution in [2.45, 2.75) is 14.7 Å². The number of fused-ring (bicyclic) bond motifs is 2. The first-order chi connectivity index (χ1) is 9.10. The Balaban J connectivity index is 2.06. The molecule has 0 aliphatic carbocycles. The summed E-state index contributed by atoms with van der Waals surface area (Å²) in [6, 6.07) is 12.4. The normalized spacial score (nSPS) is 13.3. The number of nitrogens with one attached hydrogen (secondary N) is 1. The van der Waals surface area contributed by atoms with Crippen LogP contribution in [0.25, 0.3) is 0 Å². The van der Waals surface area contributed by atoms with E-state index in [0.29, 0.717) is 5.69 Å². The van der Waals surface area contributed by atoms with Crippen molar-refractivity contribution in [1.29, 1.82) is 0 Å². The van der Waals surface area contributed by atoms with Gasteiger partial charge >= 0.3 is 10.0 Å². The van der Waals surface area contributed by atoms with Crippen LogP contribution in [0.4, 0.5) is 11.4 Å². The Morgan fingerprint density at radius 2 is 1.79 bits per heavy atom. The molecular formula is C12H10N2O3S2. The number of primary sulfonamides is 1. The SMILES string of the molecule is O=S(=O)([NH2+][O-])c1ccc2c(c1)Nc1ccccc1S2. The number of rotatable bonds is 2. The molecule has 1 aliphatic rings. The molecule has 0 saturated heterocycles.